The average molecular weight is 316 g/mol. The summed E-state index contributed by atoms with van der Waals surface area (Å²) in [5.41, 5.74) is 6.07. The van der Waals surface area contributed by atoms with Gasteiger partial charge in [0.1, 0.15) is 0 Å². The van der Waals surface area contributed by atoms with E-state index < -0.39 is 0 Å². The van der Waals surface area contributed by atoms with Crippen molar-refractivity contribution in [2.24, 2.45) is 0 Å². The number of H-pyrrole nitrogens is 1. The molecule has 1 aliphatic carbocycles. The number of aromatic nitrogens is 4. The van der Waals surface area contributed by atoms with E-state index in [4.69, 9.17) is 4.52 Å². The Morgan fingerprint density at radius 3 is 3.04 bits per heavy atom. The fraction of sp³-hybridized carbons (Fsp3) is 0.211. The van der Waals surface area contributed by atoms with E-state index in [1.54, 1.807) is 6.20 Å². The first-order chi connectivity index (χ1) is 11.9. The molecule has 0 fully saturated rings. The summed E-state index contributed by atoms with van der Waals surface area (Å²) in [6, 6.07) is 12.6. The van der Waals surface area contributed by atoms with Crippen LogP contribution in [0, 0.1) is 0 Å². The maximum absolute atomic E-state index is 5.49. The number of hydrogen-bond donors (Lipinski definition) is 1. The molecule has 0 aliphatic heterocycles. The number of rotatable bonds is 3. The van der Waals surface area contributed by atoms with Gasteiger partial charge in [0.15, 0.2) is 5.82 Å². The van der Waals surface area contributed by atoms with Gasteiger partial charge in [-0.15, -0.1) is 0 Å². The zero-order valence-electron chi connectivity index (χ0n) is 13.1. The smallest absolute Gasteiger partial charge is 0.258 e. The first kappa shape index (κ1) is 13.5. The van der Waals surface area contributed by atoms with Crippen LogP contribution in [0.5, 0.6) is 0 Å². The first-order valence-corrected chi connectivity index (χ1v) is 8.22. The molecule has 24 heavy (non-hydrogen) atoms. The van der Waals surface area contributed by atoms with Crippen molar-refractivity contribution in [1.82, 2.24) is 20.3 Å². The summed E-state index contributed by atoms with van der Waals surface area (Å²) >= 11 is 0. The lowest BCUT2D eigenvalue weighted by atomic mass is 10.0. The molecule has 0 atom stereocenters. The maximum Gasteiger partial charge on any atom is 0.258 e. The summed E-state index contributed by atoms with van der Waals surface area (Å²) in [6.07, 6.45) is 6.13. The highest BCUT2D eigenvalue weighted by Gasteiger charge is 2.15. The van der Waals surface area contributed by atoms with Crippen LogP contribution in [-0.4, -0.2) is 20.3 Å². The SMILES string of the molecule is c1cc(-c2nc(Cc3ccc4c(c3)CCC4)no2)c2cn[nH]c2c1. The summed E-state index contributed by atoms with van der Waals surface area (Å²) in [5, 5.41) is 12.2. The minimum atomic E-state index is 0.540. The molecule has 5 heteroatoms. The molecule has 0 unspecified atom stereocenters. The Hall–Kier alpha value is -2.95. The Kier molecular flexibility index (Phi) is 2.98. The van der Waals surface area contributed by atoms with Gasteiger partial charge in [-0.1, -0.05) is 29.4 Å². The Morgan fingerprint density at radius 1 is 1.08 bits per heavy atom. The van der Waals surface area contributed by atoms with Crippen molar-refractivity contribution in [1.29, 1.82) is 0 Å². The van der Waals surface area contributed by atoms with E-state index in [0.29, 0.717) is 18.1 Å². The van der Waals surface area contributed by atoms with E-state index in [1.165, 1.54) is 36.0 Å². The minimum absolute atomic E-state index is 0.540. The minimum Gasteiger partial charge on any atom is -0.334 e. The van der Waals surface area contributed by atoms with Crippen LogP contribution in [0.1, 0.15) is 28.9 Å². The molecule has 1 aliphatic rings. The van der Waals surface area contributed by atoms with Crippen molar-refractivity contribution in [3.63, 3.8) is 0 Å². The Labute approximate surface area is 138 Å². The molecule has 2 aromatic heterocycles. The standard InChI is InChI=1S/C19H16N4O/c1-3-13-8-7-12(9-14(13)4-1)10-18-21-19(24-23-18)15-5-2-6-17-16(15)11-20-22-17/h2,5-9,11H,1,3-4,10H2,(H,20,22). The Morgan fingerprint density at radius 2 is 2.04 bits per heavy atom. The molecular formula is C19H16N4O. The van der Waals surface area contributed by atoms with Gasteiger partial charge in [0.05, 0.1) is 17.3 Å². The number of benzene rings is 2. The van der Waals surface area contributed by atoms with Crippen molar-refractivity contribution >= 4 is 10.9 Å². The number of aryl methyl sites for hydroxylation is 2. The second kappa shape index (κ2) is 5.30. The van der Waals surface area contributed by atoms with Gasteiger partial charge in [-0.3, -0.25) is 5.10 Å². The van der Waals surface area contributed by atoms with Gasteiger partial charge in [-0.2, -0.15) is 10.1 Å². The van der Waals surface area contributed by atoms with Crippen LogP contribution in [0.2, 0.25) is 0 Å². The number of nitrogens with zero attached hydrogens (tertiary/aromatic N) is 3. The Balaban J connectivity index is 1.46. The lowest BCUT2D eigenvalue weighted by Crippen LogP contribution is -1.93. The van der Waals surface area contributed by atoms with E-state index in [9.17, 15) is 0 Å². The van der Waals surface area contributed by atoms with Gasteiger partial charge in [-0.25, -0.2) is 0 Å². The lowest BCUT2D eigenvalue weighted by molar-refractivity contribution is 0.424. The predicted molar refractivity (Wildman–Crippen MR) is 90.7 cm³/mol. The van der Waals surface area contributed by atoms with E-state index in [0.717, 1.165) is 16.5 Å². The van der Waals surface area contributed by atoms with Gasteiger partial charge in [0.2, 0.25) is 0 Å². The molecular weight excluding hydrogens is 300 g/mol. The zero-order chi connectivity index (χ0) is 15.9. The fourth-order valence-electron chi connectivity index (χ4n) is 3.51. The number of fused-ring (bicyclic) bond motifs is 2. The third-order valence-electron chi connectivity index (χ3n) is 4.71. The van der Waals surface area contributed by atoms with Gasteiger partial charge < -0.3 is 4.52 Å². The Bertz CT molecular complexity index is 1030. The molecule has 118 valence electrons. The van der Waals surface area contributed by atoms with E-state index in [-0.39, 0.29) is 0 Å². The average Bonchev–Trinajstić information content (AvgIpc) is 3.34. The predicted octanol–water partition coefficient (Wildman–Crippen LogP) is 3.69. The molecule has 0 amide bonds. The molecule has 5 rings (SSSR count). The summed E-state index contributed by atoms with van der Waals surface area (Å²) in [5.74, 6) is 1.25. The van der Waals surface area contributed by atoms with Gasteiger partial charge in [0, 0.05) is 11.8 Å². The van der Waals surface area contributed by atoms with Crippen molar-refractivity contribution in [2.45, 2.75) is 25.7 Å². The topological polar surface area (TPSA) is 67.6 Å². The molecule has 4 aromatic rings. The molecule has 0 saturated heterocycles. The quantitative estimate of drug-likeness (QED) is 0.626. The van der Waals surface area contributed by atoms with Crippen molar-refractivity contribution in [3.05, 3.63) is 65.1 Å². The summed E-state index contributed by atoms with van der Waals surface area (Å²) in [6.45, 7) is 0. The van der Waals surface area contributed by atoms with Gasteiger partial charge in [0.25, 0.3) is 5.89 Å². The van der Waals surface area contributed by atoms with Crippen molar-refractivity contribution in [3.8, 4) is 11.5 Å². The third kappa shape index (κ3) is 2.21. The van der Waals surface area contributed by atoms with Crippen LogP contribution >= 0.6 is 0 Å². The van der Waals surface area contributed by atoms with Crippen LogP contribution in [-0.2, 0) is 19.3 Å². The highest BCUT2D eigenvalue weighted by Crippen LogP contribution is 2.27. The molecule has 1 N–H and O–H groups in total. The van der Waals surface area contributed by atoms with E-state index in [1.807, 2.05) is 18.2 Å². The van der Waals surface area contributed by atoms with Gasteiger partial charge in [-0.05, 0) is 48.1 Å². The van der Waals surface area contributed by atoms with Crippen LogP contribution in [0.25, 0.3) is 22.4 Å². The largest absolute Gasteiger partial charge is 0.334 e. The maximum atomic E-state index is 5.49. The molecule has 0 bridgehead atoms. The molecule has 2 aromatic carbocycles. The number of hydrogen-bond acceptors (Lipinski definition) is 4. The van der Waals surface area contributed by atoms with Crippen LogP contribution in [0.15, 0.2) is 47.1 Å². The third-order valence-corrected chi connectivity index (χ3v) is 4.71. The van der Waals surface area contributed by atoms with Crippen LogP contribution in [0.4, 0.5) is 0 Å². The van der Waals surface area contributed by atoms with Crippen LogP contribution < -0.4 is 0 Å². The second-order valence-electron chi connectivity index (χ2n) is 6.29. The van der Waals surface area contributed by atoms with Crippen molar-refractivity contribution < 1.29 is 4.52 Å². The molecule has 0 spiro atoms. The summed E-state index contributed by atoms with van der Waals surface area (Å²) in [7, 11) is 0. The summed E-state index contributed by atoms with van der Waals surface area (Å²) < 4.78 is 5.49. The summed E-state index contributed by atoms with van der Waals surface area (Å²) in [4.78, 5) is 4.58. The molecule has 0 saturated carbocycles. The molecule has 2 heterocycles. The lowest BCUT2D eigenvalue weighted by Gasteiger charge is -2.02. The number of nitrogens with one attached hydrogen (secondary N) is 1. The normalized spacial score (nSPS) is 13.5. The van der Waals surface area contributed by atoms with E-state index in [2.05, 4.69) is 38.5 Å². The van der Waals surface area contributed by atoms with Gasteiger partial charge >= 0.3 is 0 Å². The van der Waals surface area contributed by atoms with E-state index >= 15 is 0 Å². The molecule has 5 nitrogen and oxygen atoms in total. The fourth-order valence-corrected chi connectivity index (χ4v) is 3.51. The molecule has 0 radical (unpaired) electrons. The highest BCUT2D eigenvalue weighted by atomic mass is 16.5. The number of aromatic amines is 1. The first-order valence-electron chi connectivity index (χ1n) is 8.22. The zero-order valence-corrected chi connectivity index (χ0v) is 13.1. The second-order valence-corrected chi connectivity index (χ2v) is 6.29. The highest BCUT2D eigenvalue weighted by molar-refractivity contribution is 5.91. The van der Waals surface area contributed by atoms with Crippen molar-refractivity contribution in [2.75, 3.05) is 0 Å². The monoisotopic (exact) mass is 316 g/mol. The van der Waals surface area contributed by atoms with Crippen LogP contribution in [0.3, 0.4) is 0 Å².